The number of rotatable bonds is 7. The van der Waals surface area contributed by atoms with Gasteiger partial charge >= 0.3 is 0 Å². The molecule has 0 saturated carbocycles. The van der Waals surface area contributed by atoms with Crippen LogP contribution in [0.25, 0.3) is 10.8 Å². The summed E-state index contributed by atoms with van der Waals surface area (Å²) in [4.78, 5) is -1.36. The predicted octanol–water partition coefficient (Wildman–Crippen LogP) is 5.90. The molecule has 0 heterocycles. The third kappa shape index (κ3) is 6.00. The van der Waals surface area contributed by atoms with Gasteiger partial charge in [-0.05, 0) is 41.8 Å². The number of azo groups is 2. The molecule has 4 rings (SSSR count). The van der Waals surface area contributed by atoms with Gasteiger partial charge in [-0.1, -0.05) is 54.6 Å². The minimum Gasteiger partial charge on any atom is -0.282 e. The van der Waals surface area contributed by atoms with Crippen molar-refractivity contribution in [2.45, 2.75) is 16.0 Å². The topological polar surface area (TPSA) is 158 Å². The maximum atomic E-state index is 11.9. The van der Waals surface area contributed by atoms with Crippen molar-refractivity contribution < 1.29 is 25.9 Å². The zero-order valence-corrected chi connectivity index (χ0v) is 19.5. The second-order valence-corrected chi connectivity index (χ2v) is 10.1. The summed E-state index contributed by atoms with van der Waals surface area (Å²) >= 11 is 0. The van der Waals surface area contributed by atoms with Crippen LogP contribution in [0.2, 0.25) is 0 Å². The van der Waals surface area contributed by atoms with Crippen LogP contribution in [0.3, 0.4) is 0 Å². The van der Waals surface area contributed by atoms with Crippen LogP contribution in [0.5, 0.6) is 0 Å². The van der Waals surface area contributed by atoms with Crippen molar-refractivity contribution in [3.05, 3.63) is 96.6 Å². The van der Waals surface area contributed by atoms with Crippen LogP contribution in [0.4, 0.5) is 11.4 Å². The lowest BCUT2D eigenvalue weighted by Crippen LogP contribution is -2.04. The Morgan fingerprint density at radius 2 is 1.23 bits per heavy atom. The van der Waals surface area contributed by atoms with Gasteiger partial charge in [0.25, 0.3) is 20.2 Å². The van der Waals surface area contributed by atoms with Crippen LogP contribution in [-0.4, -0.2) is 25.9 Å². The van der Waals surface area contributed by atoms with E-state index >= 15 is 0 Å². The van der Waals surface area contributed by atoms with Gasteiger partial charge in [-0.15, -0.1) is 0 Å². The molecule has 0 aliphatic carbocycles. The average Bonchev–Trinajstić information content (AvgIpc) is 2.83. The minimum absolute atomic E-state index is 0.00137. The maximum Gasteiger partial charge on any atom is 0.295 e. The van der Waals surface area contributed by atoms with Crippen molar-refractivity contribution in [1.29, 1.82) is 0 Å². The molecule has 35 heavy (non-hydrogen) atoms. The third-order valence-corrected chi connectivity index (χ3v) is 6.59. The van der Waals surface area contributed by atoms with Gasteiger partial charge in [-0.2, -0.15) is 37.3 Å². The number of hydrogen-bond donors (Lipinski definition) is 2. The molecule has 0 aromatic heterocycles. The van der Waals surface area contributed by atoms with E-state index in [2.05, 4.69) is 20.5 Å². The number of benzene rings is 4. The van der Waals surface area contributed by atoms with E-state index in [0.717, 1.165) is 6.07 Å². The lowest BCUT2D eigenvalue weighted by molar-refractivity contribution is 0.482. The molecular formula is C23H18N4O6S2. The first kappa shape index (κ1) is 24.3. The zero-order valence-electron chi connectivity index (χ0n) is 17.9. The molecule has 12 heteroatoms. The van der Waals surface area contributed by atoms with Crippen molar-refractivity contribution in [1.82, 2.24) is 0 Å². The Labute approximate surface area is 201 Å². The lowest BCUT2D eigenvalue weighted by Gasteiger charge is -2.08. The van der Waals surface area contributed by atoms with Gasteiger partial charge in [0.15, 0.2) is 0 Å². The molecular weight excluding hydrogens is 492 g/mol. The maximum absolute atomic E-state index is 11.9. The number of hydrogen-bond acceptors (Lipinski definition) is 8. The van der Waals surface area contributed by atoms with E-state index in [1.54, 1.807) is 24.3 Å². The molecule has 0 spiro atoms. The van der Waals surface area contributed by atoms with Gasteiger partial charge in [0.05, 0.1) is 16.3 Å². The van der Waals surface area contributed by atoms with Gasteiger partial charge < -0.3 is 0 Å². The first-order valence-electron chi connectivity index (χ1n) is 10.1. The van der Waals surface area contributed by atoms with Crippen LogP contribution >= 0.6 is 0 Å². The molecule has 4 aromatic rings. The summed E-state index contributed by atoms with van der Waals surface area (Å²) < 4.78 is 65.8. The van der Waals surface area contributed by atoms with E-state index in [4.69, 9.17) is 0 Å². The highest BCUT2D eigenvalue weighted by Crippen LogP contribution is 2.31. The molecule has 0 radical (unpaired) electrons. The fourth-order valence-corrected chi connectivity index (χ4v) is 4.58. The van der Waals surface area contributed by atoms with Crippen LogP contribution < -0.4 is 0 Å². The zero-order chi connectivity index (χ0) is 25.1. The lowest BCUT2D eigenvalue weighted by atomic mass is 10.1. The fraction of sp³-hybridized carbons (Fsp3) is 0.0435. The first-order chi connectivity index (χ1) is 16.6. The van der Waals surface area contributed by atoms with Gasteiger partial charge in [-0.3, -0.25) is 9.11 Å². The van der Waals surface area contributed by atoms with Crippen molar-refractivity contribution in [3.63, 3.8) is 0 Å². The smallest absolute Gasteiger partial charge is 0.282 e. The van der Waals surface area contributed by atoms with Crippen LogP contribution in [0.15, 0.2) is 121 Å². The molecule has 1 atom stereocenters. The van der Waals surface area contributed by atoms with Gasteiger partial charge in [0.1, 0.15) is 4.90 Å². The van der Waals surface area contributed by atoms with Crippen molar-refractivity contribution in [3.8, 4) is 0 Å². The predicted molar refractivity (Wildman–Crippen MR) is 128 cm³/mol. The Kier molecular flexibility index (Phi) is 6.80. The van der Waals surface area contributed by atoms with E-state index in [0.29, 0.717) is 17.3 Å². The number of fused-ring (bicyclic) bond motifs is 1. The van der Waals surface area contributed by atoms with E-state index < -0.39 is 36.2 Å². The molecule has 0 bridgehead atoms. The summed E-state index contributed by atoms with van der Waals surface area (Å²) in [6.07, 6.45) is -0.796. The molecule has 0 aliphatic rings. The highest BCUT2D eigenvalue weighted by molar-refractivity contribution is 7.86. The molecule has 0 aliphatic heterocycles. The van der Waals surface area contributed by atoms with Crippen molar-refractivity contribution in [2.24, 2.45) is 20.5 Å². The Bertz CT molecular complexity index is 1640. The molecule has 0 saturated heterocycles. The van der Waals surface area contributed by atoms with Crippen LogP contribution in [0, 0.1) is 0 Å². The van der Waals surface area contributed by atoms with Gasteiger partial charge in [-0.25, -0.2) is 0 Å². The summed E-state index contributed by atoms with van der Waals surface area (Å²) in [5, 5.41) is 17.0. The quantitative estimate of drug-likeness (QED) is 0.233. The fourth-order valence-electron chi connectivity index (χ4n) is 3.23. The summed E-state index contributed by atoms with van der Waals surface area (Å²) in [6.45, 7) is 0. The van der Waals surface area contributed by atoms with E-state index in [1.807, 2.05) is 36.4 Å². The summed E-state index contributed by atoms with van der Waals surface area (Å²) in [5.74, 6) is 0. The van der Waals surface area contributed by atoms with E-state index in [-0.39, 0.29) is 16.5 Å². The van der Waals surface area contributed by atoms with Crippen molar-refractivity contribution >= 4 is 42.4 Å². The summed E-state index contributed by atoms with van der Waals surface area (Å²) in [7, 11) is -9.53. The monoisotopic (exact) mass is 510 g/mol. The standard InChI is InChI=1S/C23H18N4O6S2/c28-34(29,30)20-13-17-11-12-19(14-21(17)22(15-20)35(31,32)33)25-27-23(16-7-3-1-4-8-16)26-24-18-9-5-2-6-10-18/h1-15,23H,(H,28,29,30)(H,31,32,33). The van der Waals surface area contributed by atoms with Crippen LogP contribution in [0.1, 0.15) is 11.7 Å². The average molecular weight is 511 g/mol. The molecule has 2 N–H and O–H groups in total. The minimum atomic E-state index is -4.82. The normalized spacial score (nSPS) is 13.5. The van der Waals surface area contributed by atoms with E-state index in [9.17, 15) is 25.9 Å². The summed E-state index contributed by atoms with van der Waals surface area (Å²) in [6, 6.07) is 24.1. The van der Waals surface area contributed by atoms with Crippen molar-refractivity contribution in [2.75, 3.05) is 0 Å². The Hall–Kier alpha value is -3.84. The largest absolute Gasteiger partial charge is 0.295 e. The van der Waals surface area contributed by atoms with Gasteiger partial charge in [0, 0.05) is 10.9 Å². The highest BCUT2D eigenvalue weighted by Gasteiger charge is 2.20. The molecule has 10 nitrogen and oxygen atoms in total. The summed E-state index contributed by atoms with van der Waals surface area (Å²) in [5.41, 5.74) is 1.56. The van der Waals surface area contributed by atoms with Gasteiger partial charge in [0.2, 0.25) is 6.17 Å². The Balaban J connectivity index is 1.76. The third-order valence-electron chi connectivity index (χ3n) is 4.87. The SMILES string of the molecule is O=S(=O)(O)c1cc(S(=O)(=O)O)c2cc(N=NC(N=Nc3ccccc3)c3ccccc3)ccc2c1. The molecule has 1 unspecified atom stereocenters. The molecule has 4 aromatic carbocycles. The molecule has 0 fully saturated rings. The molecule has 0 amide bonds. The second kappa shape index (κ2) is 9.80. The van der Waals surface area contributed by atoms with E-state index in [1.165, 1.54) is 18.2 Å². The van der Waals surface area contributed by atoms with Crippen LogP contribution in [-0.2, 0) is 20.2 Å². The first-order valence-corrected chi connectivity index (χ1v) is 12.9. The molecule has 178 valence electrons. The Morgan fingerprint density at radius 1 is 0.629 bits per heavy atom. The highest BCUT2D eigenvalue weighted by atomic mass is 32.2. The Morgan fingerprint density at radius 3 is 1.83 bits per heavy atom. The number of nitrogens with zero attached hydrogens (tertiary/aromatic N) is 4. The second-order valence-electron chi connectivity index (χ2n) is 7.33.